The van der Waals surface area contributed by atoms with Crippen molar-refractivity contribution in [1.29, 1.82) is 0 Å². The second-order valence-corrected chi connectivity index (χ2v) is 6.61. The van der Waals surface area contributed by atoms with Crippen LogP contribution in [0.2, 0.25) is 0 Å². The van der Waals surface area contributed by atoms with Gasteiger partial charge in [0.1, 0.15) is 12.6 Å². The number of carbonyl (C=O) groups is 1. The van der Waals surface area contributed by atoms with Crippen LogP contribution in [0.5, 0.6) is 0 Å². The third-order valence-electron chi connectivity index (χ3n) is 4.47. The number of rotatable bonds is 5. The zero-order valence-corrected chi connectivity index (χ0v) is 14.6. The van der Waals surface area contributed by atoms with Crippen LogP contribution in [0.1, 0.15) is 24.4 Å². The number of halogens is 3. The second kappa shape index (κ2) is 8.10. The lowest BCUT2D eigenvalue weighted by atomic mass is 10.00. The summed E-state index contributed by atoms with van der Waals surface area (Å²) in [6, 6.07) is 8.58. The predicted molar refractivity (Wildman–Crippen MR) is 92.9 cm³/mol. The van der Waals surface area contributed by atoms with Gasteiger partial charge in [-0.1, -0.05) is 30.3 Å². The molecule has 27 heavy (non-hydrogen) atoms. The van der Waals surface area contributed by atoms with Crippen LogP contribution < -0.4 is 5.32 Å². The summed E-state index contributed by atoms with van der Waals surface area (Å²) in [5.74, 6) is -0.343. The monoisotopic (exact) mass is 382 g/mol. The summed E-state index contributed by atoms with van der Waals surface area (Å²) in [4.78, 5) is 14.9. The van der Waals surface area contributed by atoms with Crippen LogP contribution in [0.25, 0.3) is 0 Å². The van der Waals surface area contributed by atoms with Crippen LogP contribution in [0, 0.1) is 0 Å². The number of aliphatic hydroxyl groups excluding tert-OH is 1. The fourth-order valence-corrected chi connectivity index (χ4v) is 3.22. The van der Waals surface area contributed by atoms with E-state index < -0.39 is 18.8 Å². The summed E-state index contributed by atoms with van der Waals surface area (Å²) in [6.07, 6.45) is -1.25. The minimum Gasteiger partial charge on any atom is -0.393 e. The topological polar surface area (TPSA) is 70.4 Å². The second-order valence-electron chi connectivity index (χ2n) is 6.61. The number of carbonyl (C=O) groups excluding carboxylic acids is 1. The molecule has 6 nitrogen and oxygen atoms in total. The molecule has 1 atom stereocenters. The van der Waals surface area contributed by atoms with Crippen LogP contribution in [-0.2, 0) is 11.3 Å². The third kappa shape index (κ3) is 5.30. The maximum Gasteiger partial charge on any atom is 0.408 e. The first-order valence-electron chi connectivity index (χ1n) is 8.69. The van der Waals surface area contributed by atoms with Crippen molar-refractivity contribution in [3.8, 4) is 0 Å². The van der Waals surface area contributed by atoms with Gasteiger partial charge in [-0.3, -0.25) is 14.4 Å². The van der Waals surface area contributed by atoms with Gasteiger partial charge in [0, 0.05) is 19.3 Å². The Kier molecular flexibility index (Phi) is 5.81. The van der Waals surface area contributed by atoms with Gasteiger partial charge in [-0.25, -0.2) is 0 Å². The van der Waals surface area contributed by atoms with Gasteiger partial charge in [0.15, 0.2) is 0 Å². The molecule has 1 aliphatic heterocycles. The lowest BCUT2D eigenvalue weighted by Crippen LogP contribution is -2.43. The molecule has 2 heterocycles. The SMILES string of the molecule is O=C(Nc1cnn(CC(F)(F)F)c1)C(c1ccccc1)N1CCC(O)CC1. The van der Waals surface area contributed by atoms with Crippen molar-refractivity contribution in [1.82, 2.24) is 14.7 Å². The minimum absolute atomic E-state index is 0.210. The summed E-state index contributed by atoms with van der Waals surface area (Å²) < 4.78 is 38.1. The minimum atomic E-state index is -4.38. The fraction of sp³-hybridized carbons (Fsp3) is 0.444. The highest BCUT2D eigenvalue weighted by molar-refractivity contribution is 5.95. The van der Waals surface area contributed by atoms with Crippen molar-refractivity contribution in [2.45, 2.75) is 37.7 Å². The van der Waals surface area contributed by atoms with Gasteiger partial charge < -0.3 is 10.4 Å². The zero-order valence-electron chi connectivity index (χ0n) is 14.6. The van der Waals surface area contributed by atoms with Crippen LogP contribution >= 0.6 is 0 Å². The predicted octanol–water partition coefficient (Wildman–Crippen LogP) is 2.58. The Morgan fingerprint density at radius 1 is 1.26 bits per heavy atom. The quantitative estimate of drug-likeness (QED) is 0.834. The van der Waals surface area contributed by atoms with Crippen molar-refractivity contribution in [3.63, 3.8) is 0 Å². The number of alkyl halides is 3. The van der Waals surface area contributed by atoms with Crippen molar-refractivity contribution in [3.05, 3.63) is 48.3 Å². The lowest BCUT2D eigenvalue weighted by Gasteiger charge is -2.35. The van der Waals surface area contributed by atoms with Gasteiger partial charge in [0.05, 0.1) is 18.0 Å². The average Bonchev–Trinajstić information content (AvgIpc) is 3.02. The smallest absolute Gasteiger partial charge is 0.393 e. The maximum absolute atomic E-state index is 12.9. The summed E-state index contributed by atoms with van der Waals surface area (Å²) in [6.45, 7) is -0.0992. The van der Waals surface area contributed by atoms with E-state index in [0.717, 1.165) is 16.4 Å². The van der Waals surface area contributed by atoms with Gasteiger partial charge in [0.25, 0.3) is 0 Å². The number of piperidine rings is 1. The van der Waals surface area contributed by atoms with E-state index >= 15 is 0 Å². The Bertz CT molecular complexity index is 755. The Morgan fingerprint density at radius 3 is 2.56 bits per heavy atom. The molecule has 1 amide bonds. The molecule has 9 heteroatoms. The van der Waals surface area contributed by atoms with Gasteiger partial charge in [-0.15, -0.1) is 0 Å². The first-order chi connectivity index (χ1) is 12.8. The molecule has 1 unspecified atom stereocenters. The van der Waals surface area contributed by atoms with Gasteiger partial charge in [0.2, 0.25) is 5.91 Å². The highest BCUT2D eigenvalue weighted by Crippen LogP contribution is 2.26. The van der Waals surface area contributed by atoms with Crippen molar-refractivity contribution >= 4 is 11.6 Å². The van der Waals surface area contributed by atoms with Crippen LogP contribution in [0.4, 0.5) is 18.9 Å². The standard InChI is InChI=1S/C18H21F3N4O2/c19-18(20,21)12-25-11-14(10-22-25)23-17(27)16(13-4-2-1-3-5-13)24-8-6-15(26)7-9-24/h1-5,10-11,15-16,26H,6-9,12H2,(H,23,27). The molecule has 0 aliphatic carbocycles. The lowest BCUT2D eigenvalue weighted by molar-refractivity contribution is -0.142. The van der Waals surface area contributed by atoms with E-state index in [1.807, 2.05) is 35.2 Å². The van der Waals surface area contributed by atoms with E-state index in [9.17, 15) is 23.1 Å². The molecule has 2 aromatic rings. The number of hydrogen-bond donors (Lipinski definition) is 2. The third-order valence-corrected chi connectivity index (χ3v) is 4.47. The largest absolute Gasteiger partial charge is 0.408 e. The fourth-order valence-electron chi connectivity index (χ4n) is 3.22. The van der Waals surface area contributed by atoms with Gasteiger partial charge in [-0.05, 0) is 18.4 Å². The maximum atomic E-state index is 12.9. The number of benzene rings is 1. The summed E-state index contributed by atoms with van der Waals surface area (Å²) in [5.41, 5.74) is 0.997. The highest BCUT2D eigenvalue weighted by Gasteiger charge is 2.31. The summed E-state index contributed by atoms with van der Waals surface area (Å²) >= 11 is 0. The molecule has 3 rings (SSSR count). The van der Waals surface area contributed by atoms with Crippen LogP contribution in [-0.4, -0.2) is 51.1 Å². The van der Waals surface area contributed by atoms with E-state index in [1.165, 1.54) is 6.20 Å². The van der Waals surface area contributed by atoms with Crippen LogP contribution in [0.3, 0.4) is 0 Å². The number of aromatic nitrogens is 2. The molecule has 1 aromatic heterocycles. The molecule has 1 aromatic carbocycles. The molecule has 0 radical (unpaired) electrons. The average molecular weight is 382 g/mol. The van der Waals surface area contributed by atoms with Crippen molar-refractivity contribution in [2.24, 2.45) is 0 Å². The Hall–Kier alpha value is -2.39. The van der Waals surface area contributed by atoms with Crippen molar-refractivity contribution < 1.29 is 23.1 Å². The molecule has 146 valence electrons. The highest BCUT2D eigenvalue weighted by atomic mass is 19.4. The number of anilines is 1. The van der Waals surface area contributed by atoms with E-state index in [2.05, 4.69) is 10.4 Å². The van der Waals surface area contributed by atoms with Gasteiger partial charge >= 0.3 is 6.18 Å². The molecule has 0 bridgehead atoms. The van der Waals surface area contributed by atoms with E-state index in [4.69, 9.17) is 0 Å². The molecule has 1 aliphatic rings. The molecule has 1 saturated heterocycles. The molecular formula is C18H21F3N4O2. The Morgan fingerprint density at radius 2 is 1.93 bits per heavy atom. The van der Waals surface area contributed by atoms with Gasteiger partial charge in [-0.2, -0.15) is 18.3 Å². The summed E-state index contributed by atoms with van der Waals surface area (Å²) in [5, 5.41) is 16.0. The Balaban J connectivity index is 1.75. The van der Waals surface area contributed by atoms with E-state index in [-0.39, 0.29) is 17.7 Å². The first-order valence-corrected chi connectivity index (χ1v) is 8.69. The van der Waals surface area contributed by atoms with E-state index in [0.29, 0.717) is 25.9 Å². The molecule has 0 spiro atoms. The zero-order chi connectivity index (χ0) is 19.4. The molecule has 0 saturated carbocycles. The first kappa shape index (κ1) is 19.4. The number of likely N-dealkylation sites (tertiary alicyclic amines) is 1. The molecular weight excluding hydrogens is 361 g/mol. The van der Waals surface area contributed by atoms with E-state index in [1.54, 1.807) is 0 Å². The number of nitrogens with one attached hydrogen (secondary N) is 1. The number of hydrogen-bond acceptors (Lipinski definition) is 4. The number of nitrogens with zero attached hydrogens (tertiary/aromatic N) is 3. The summed E-state index contributed by atoms with van der Waals surface area (Å²) in [7, 11) is 0. The van der Waals surface area contributed by atoms with Crippen LogP contribution in [0.15, 0.2) is 42.7 Å². The normalized spacial score (nSPS) is 17.6. The number of aliphatic hydroxyl groups is 1. The Labute approximate surface area is 154 Å². The number of amides is 1. The molecule has 1 fully saturated rings. The molecule has 2 N–H and O–H groups in total. The van der Waals surface area contributed by atoms with Crippen molar-refractivity contribution in [2.75, 3.05) is 18.4 Å².